The molecule has 2 aromatic carbocycles. The second kappa shape index (κ2) is 6.23. The number of fused-ring (bicyclic) bond motifs is 2. The largest absolute Gasteiger partial charge is 0.340 e. The van der Waals surface area contributed by atoms with Gasteiger partial charge in [0.15, 0.2) is 5.78 Å². The van der Waals surface area contributed by atoms with Crippen molar-refractivity contribution < 1.29 is 13.2 Å². The molecule has 0 bridgehead atoms. The monoisotopic (exact) mass is 382 g/mol. The molecule has 0 amide bonds. The number of nitrogens with one attached hydrogen (secondary N) is 2. The van der Waals surface area contributed by atoms with Gasteiger partial charge in [0.25, 0.3) is 10.0 Å². The van der Waals surface area contributed by atoms with E-state index in [1.54, 1.807) is 24.3 Å². The molecule has 27 heavy (non-hydrogen) atoms. The van der Waals surface area contributed by atoms with Crippen molar-refractivity contribution >= 4 is 21.5 Å². The molecule has 1 atom stereocenters. The number of carbonyl (C=O) groups excluding carboxylic acids is 1. The van der Waals surface area contributed by atoms with E-state index in [9.17, 15) is 13.2 Å². The summed E-state index contributed by atoms with van der Waals surface area (Å²) in [7, 11) is -3.71. The molecule has 0 saturated carbocycles. The van der Waals surface area contributed by atoms with Gasteiger partial charge in [0, 0.05) is 11.1 Å². The standard InChI is InChI=1S/C21H22N2O3S/c1-3-12-21(2)13-15(19(24)14-8-4-5-9-16(14)21)20-22-17-10-6-7-11-18(17)27(25,26)23-20/h4-11,22-23H,3,12-13H2,1-2H3. The van der Waals surface area contributed by atoms with Gasteiger partial charge in [-0.05, 0) is 36.0 Å². The van der Waals surface area contributed by atoms with E-state index in [1.807, 2.05) is 24.3 Å². The summed E-state index contributed by atoms with van der Waals surface area (Å²) < 4.78 is 27.9. The molecule has 1 aliphatic carbocycles. The Morgan fingerprint density at radius 3 is 2.56 bits per heavy atom. The fourth-order valence-corrected chi connectivity index (χ4v) is 5.42. The molecule has 0 spiro atoms. The van der Waals surface area contributed by atoms with Gasteiger partial charge in [-0.1, -0.05) is 56.7 Å². The van der Waals surface area contributed by atoms with Crippen LogP contribution in [0.15, 0.2) is 64.8 Å². The number of sulfonamides is 1. The van der Waals surface area contributed by atoms with Crippen molar-refractivity contribution in [3.63, 3.8) is 0 Å². The van der Waals surface area contributed by atoms with E-state index in [2.05, 4.69) is 23.9 Å². The maximum atomic E-state index is 13.2. The first-order valence-electron chi connectivity index (χ1n) is 9.12. The van der Waals surface area contributed by atoms with E-state index in [0.717, 1.165) is 18.4 Å². The third-order valence-corrected chi connectivity index (χ3v) is 6.85. The molecule has 1 aliphatic heterocycles. The van der Waals surface area contributed by atoms with Crippen LogP contribution in [-0.4, -0.2) is 14.2 Å². The number of ketones is 1. The summed E-state index contributed by atoms with van der Waals surface area (Å²) in [6.07, 6.45) is 2.38. The molecule has 2 aliphatic rings. The van der Waals surface area contributed by atoms with Crippen LogP contribution in [0.5, 0.6) is 0 Å². The van der Waals surface area contributed by atoms with Crippen LogP contribution >= 0.6 is 0 Å². The van der Waals surface area contributed by atoms with Crippen LogP contribution in [-0.2, 0) is 15.4 Å². The smallest absolute Gasteiger partial charge is 0.265 e. The Bertz CT molecular complexity index is 1070. The third kappa shape index (κ3) is 2.84. The zero-order valence-corrected chi connectivity index (χ0v) is 16.2. The Morgan fingerprint density at radius 1 is 1.07 bits per heavy atom. The van der Waals surface area contributed by atoms with Crippen LogP contribution in [0.3, 0.4) is 0 Å². The summed E-state index contributed by atoms with van der Waals surface area (Å²) in [4.78, 5) is 13.4. The SMILES string of the molecule is CCCC1(C)CC(=C2Nc3ccccc3S(=O)(=O)N2)C(=O)c2ccccc21. The first kappa shape index (κ1) is 17.8. The molecule has 140 valence electrons. The third-order valence-electron chi connectivity index (χ3n) is 5.44. The van der Waals surface area contributed by atoms with Crippen LogP contribution in [0.2, 0.25) is 0 Å². The molecule has 0 fully saturated rings. The lowest BCUT2D eigenvalue weighted by Gasteiger charge is -2.38. The van der Waals surface area contributed by atoms with Crippen LogP contribution in [0.1, 0.15) is 49.0 Å². The second-order valence-electron chi connectivity index (χ2n) is 7.44. The number of hydrogen-bond donors (Lipinski definition) is 2. The van der Waals surface area contributed by atoms with E-state index in [1.165, 1.54) is 0 Å². The zero-order chi connectivity index (χ0) is 19.2. The van der Waals surface area contributed by atoms with Crippen molar-refractivity contribution in [1.82, 2.24) is 4.72 Å². The topological polar surface area (TPSA) is 75.3 Å². The van der Waals surface area contributed by atoms with Crippen molar-refractivity contribution in [2.45, 2.75) is 43.4 Å². The fourth-order valence-electron chi connectivity index (χ4n) is 4.20. The van der Waals surface area contributed by atoms with Crippen LogP contribution in [0.25, 0.3) is 0 Å². The first-order valence-corrected chi connectivity index (χ1v) is 10.6. The number of carbonyl (C=O) groups is 1. The summed E-state index contributed by atoms with van der Waals surface area (Å²) in [6.45, 7) is 4.27. The highest BCUT2D eigenvalue weighted by atomic mass is 32.2. The van der Waals surface area contributed by atoms with Gasteiger partial charge in [0.1, 0.15) is 10.7 Å². The number of Topliss-reactive ketones (excluding diaryl/α,β-unsaturated/α-hetero) is 1. The van der Waals surface area contributed by atoms with E-state index in [4.69, 9.17) is 0 Å². The molecule has 2 N–H and O–H groups in total. The molecule has 6 heteroatoms. The van der Waals surface area contributed by atoms with Crippen molar-refractivity contribution in [1.29, 1.82) is 0 Å². The molecule has 2 aromatic rings. The number of hydrogen-bond acceptors (Lipinski definition) is 4. The molecule has 0 radical (unpaired) electrons. The van der Waals surface area contributed by atoms with Gasteiger partial charge in [0.05, 0.1) is 5.69 Å². The predicted octanol–water partition coefficient (Wildman–Crippen LogP) is 3.95. The number of benzene rings is 2. The highest BCUT2D eigenvalue weighted by Gasteiger charge is 2.40. The average molecular weight is 382 g/mol. The maximum Gasteiger partial charge on any atom is 0.265 e. The summed E-state index contributed by atoms with van der Waals surface area (Å²) in [5.41, 5.74) is 2.46. The Kier molecular flexibility index (Phi) is 4.11. The van der Waals surface area contributed by atoms with Crippen molar-refractivity contribution in [3.05, 3.63) is 71.1 Å². The highest BCUT2D eigenvalue weighted by Crippen LogP contribution is 2.44. The van der Waals surface area contributed by atoms with Crippen molar-refractivity contribution in [2.75, 3.05) is 5.32 Å². The van der Waals surface area contributed by atoms with Crippen LogP contribution in [0.4, 0.5) is 5.69 Å². The summed E-state index contributed by atoms with van der Waals surface area (Å²) in [6, 6.07) is 14.4. The highest BCUT2D eigenvalue weighted by molar-refractivity contribution is 7.89. The van der Waals surface area contributed by atoms with Gasteiger partial charge in [-0.25, -0.2) is 8.42 Å². The second-order valence-corrected chi connectivity index (χ2v) is 9.09. The van der Waals surface area contributed by atoms with E-state index in [-0.39, 0.29) is 21.9 Å². The number of rotatable bonds is 2. The molecule has 4 rings (SSSR count). The van der Waals surface area contributed by atoms with E-state index in [0.29, 0.717) is 23.2 Å². The summed E-state index contributed by atoms with van der Waals surface area (Å²) in [5, 5.41) is 3.13. The minimum atomic E-state index is -3.71. The lowest BCUT2D eigenvalue weighted by molar-refractivity contribution is 0.101. The van der Waals surface area contributed by atoms with E-state index >= 15 is 0 Å². The quantitative estimate of drug-likeness (QED) is 0.772. The van der Waals surface area contributed by atoms with Gasteiger partial charge in [-0.3, -0.25) is 9.52 Å². The predicted molar refractivity (Wildman–Crippen MR) is 105 cm³/mol. The number of para-hydroxylation sites is 1. The Balaban J connectivity index is 1.89. The molecule has 0 aromatic heterocycles. The van der Waals surface area contributed by atoms with Gasteiger partial charge in [-0.15, -0.1) is 0 Å². The number of allylic oxidation sites excluding steroid dienone is 1. The fraction of sp³-hybridized carbons (Fsp3) is 0.286. The number of anilines is 1. The Hall–Kier alpha value is -2.60. The molecule has 5 nitrogen and oxygen atoms in total. The average Bonchev–Trinajstić information content (AvgIpc) is 2.65. The normalized spacial score (nSPS) is 25.8. The van der Waals surface area contributed by atoms with Crippen molar-refractivity contribution in [3.8, 4) is 0 Å². The minimum Gasteiger partial charge on any atom is -0.340 e. The lowest BCUT2D eigenvalue weighted by atomic mass is 9.67. The van der Waals surface area contributed by atoms with Crippen LogP contribution in [0, 0.1) is 0 Å². The molecule has 0 saturated heterocycles. The summed E-state index contributed by atoms with van der Waals surface area (Å²) >= 11 is 0. The zero-order valence-electron chi connectivity index (χ0n) is 15.4. The van der Waals surface area contributed by atoms with Gasteiger partial charge < -0.3 is 5.32 Å². The molecule has 1 heterocycles. The molecule has 1 unspecified atom stereocenters. The first-order chi connectivity index (χ1) is 12.9. The lowest BCUT2D eigenvalue weighted by Crippen LogP contribution is -2.39. The molecular weight excluding hydrogens is 360 g/mol. The Labute approximate surface area is 159 Å². The van der Waals surface area contributed by atoms with Crippen molar-refractivity contribution in [2.24, 2.45) is 0 Å². The van der Waals surface area contributed by atoms with Crippen LogP contribution < -0.4 is 10.0 Å². The summed E-state index contributed by atoms with van der Waals surface area (Å²) in [5.74, 6) is 0.152. The Morgan fingerprint density at radius 2 is 1.78 bits per heavy atom. The molecular formula is C21H22N2O3S. The van der Waals surface area contributed by atoms with E-state index < -0.39 is 10.0 Å². The van der Waals surface area contributed by atoms with Gasteiger partial charge in [0.2, 0.25) is 0 Å². The van der Waals surface area contributed by atoms with Gasteiger partial charge >= 0.3 is 0 Å². The minimum absolute atomic E-state index is 0.122. The maximum absolute atomic E-state index is 13.2. The van der Waals surface area contributed by atoms with Gasteiger partial charge in [-0.2, -0.15) is 0 Å².